The molecule has 0 amide bonds. The molecular formula is C17H20N4O4S. The van der Waals surface area contributed by atoms with Crippen molar-refractivity contribution in [2.24, 2.45) is 16.9 Å². The van der Waals surface area contributed by atoms with Gasteiger partial charge in [-0.15, -0.1) is 0 Å². The Balaban J connectivity index is 1.58. The third-order valence-electron chi connectivity index (χ3n) is 5.35. The minimum atomic E-state index is -3.69. The van der Waals surface area contributed by atoms with E-state index in [1.54, 1.807) is 0 Å². The van der Waals surface area contributed by atoms with Gasteiger partial charge in [-0.2, -0.15) is 9.41 Å². The number of rotatable bonds is 5. The van der Waals surface area contributed by atoms with Crippen LogP contribution in [0.1, 0.15) is 25.7 Å². The number of hydrogen-bond donors (Lipinski definition) is 1. The lowest BCUT2D eigenvalue weighted by molar-refractivity contribution is -0.384. The number of allylic oxidation sites excluding steroid dienone is 2. The van der Waals surface area contributed by atoms with Gasteiger partial charge in [0.25, 0.3) is 5.69 Å². The second-order valence-electron chi connectivity index (χ2n) is 6.90. The highest BCUT2D eigenvalue weighted by molar-refractivity contribution is 7.89. The third kappa shape index (κ3) is 2.90. The van der Waals surface area contributed by atoms with Crippen LogP contribution < -0.4 is 5.43 Å². The van der Waals surface area contributed by atoms with E-state index in [2.05, 4.69) is 22.7 Å². The molecule has 4 rings (SSSR count). The molecule has 26 heavy (non-hydrogen) atoms. The summed E-state index contributed by atoms with van der Waals surface area (Å²) in [4.78, 5) is 10.8. The van der Waals surface area contributed by atoms with Crippen molar-refractivity contribution in [1.82, 2.24) is 4.31 Å². The van der Waals surface area contributed by atoms with Crippen molar-refractivity contribution in [1.29, 1.82) is 0 Å². The number of hydrogen-bond acceptors (Lipinski definition) is 6. The van der Waals surface area contributed by atoms with Gasteiger partial charge in [-0.25, -0.2) is 8.42 Å². The Morgan fingerprint density at radius 3 is 2.73 bits per heavy atom. The highest BCUT2D eigenvalue weighted by atomic mass is 32.2. The number of fused-ring (bicyclic) bond motifs is 1. The van der Waals surface area contributed by atoms with Gasteiger partial charge in [0.1, 0.15) is 5.69 Å². The molecule has 1 aromatic rings. The second kappa shape index (κ2) is 6.48. The maximum atomic E-state index is 12.6. The molecule has 2 aliphatic carbocycles. The second-order valence-corrected chi connectivity index (χ2v) is 8.84. The van der Waals surface area contributed by atoms with E-state index >= 15 is 0 Å². The van der Waals surface area contributed by atoms with Crippen LogP contribution in [0.5, 0.6) is 0 Å². The first-order chi connectivity index (χ1) is 12.5. The molecule has 1 N–H and O–H groups in total. The monoisotopic (exact) mass is 376 g/mol. The summed E-state index contributed by atoms with van der Waals surface area (Å²) in [6.07, 6.45) is 7.77. The summed E-state index contributed by atoms with van der Waals surface area (Å²) in [5.74, 6) is 0.940. The fourth-order valence-electron chi connectivity index (χ4n) is 3.79. The standard InChI is InChI=1S/C17H20N4O4S/c22-21(23)17-11-13(26(24,25)20-8-1-2-9-20)6-7-15(17)18-19-16-10-12-4-3-5-14(12)16/h3-4,6-7,11-12,14,18H,1-2,5,8-10H2/b19-16-/t12-,14+/m1/s1. The largest absolute Gasteiger partial charge is 0.295 e. The number of nitrogens with zero attached hydrogens (tertiary/aromatic N) is 3. The Morgan fingerprint density at radius 1 is 1.27 bits per heavy atom. The van der Waals surface area contributed by atoms with Gasteiger partial charge < -0.3 is 0 Å². The van der Waals surface area contributed by atoms with Crippen molar-refractivity contribution in [2.45, 2.75) is 30.6 Å². The van der Waals surface area contributed by atoms with Crippen LogP contribution in [-0.2, 0) is 10.0 Å². The summed E-state index contributed by atoms with van der Waals surface area (Å²) in [6.45, 7) is 0.917. The first-order valence-electron chi connectivity index (χ1n) is 8.74. The molecule has 2 fully saturated rings. The number of benzene rings is 1. The Bertz CT molecular complexity index is 903. The molecule has 2 atom stereocenters. The number of nitro benzene ring substituents is 1. The summed E-state index contributed by atoms with van der Waals surface area (Å²) >= 11 is 0. The molecule has 138 valence electrons. The van der Waals surface area contributed by atoms with Crippen LogP contribution in [0.25, 0.3) is 0 Å². The average Bonchev–Trinajstić information content (AvgIpc) is 3.25. The zero-order valence-electron chi connectivity index (χ0n) is 14.2. The van der Waals surface area contributed by atoms with Crippen molar-refractivity contribution in [3.8, 4) is 0 Å². The number of nitro groups is 1. The van der Waals surface area contributed by atoms with E-state index in [-0.39, 0.29) is 16.3 Å². The number of nitrogens with one attached hydrogen (secondary N) is 1. The fourth-order valence-corrected chi connectivity index (χ4v) is 5.33. The van der Waals surface area contributed by atoms with Gasteiger partial charge in [0.15, 0.2) is 0 Å². The van der Waals surface area contributed by atoms with E-state index in [0.717, 1.165) is 37.5 Å². The van der Waals surface area contributed by atoms with Crippen LogP contribution in [0.15, 0.2) is 40.3 Å². The van der Waals surface area contributed by atoms with Gasteiger partial charge in [-0.1, -0.05) is 12.2 Å². The summed E-state index contributed by atoms with van der Waals surface area (Å²) < 4.78 is 26.6. The molecule has 1 saturated heterocycles. The molecule has 9 heteroatoms. The predicted molar refractivity (Wildman–Crippen MR) is 97.5 cm³/mol. The number of sulfonamides is 1. The maximum Gasteiger partial charge on any atom is 0.295 e. The minimum absolute atomic E-state index is 0.0481. The first kappa shape index (κ1) is 17.2. The molecule has 0 aromatic heterocycles. The van der Waals surface area contributed by atoms with E-state index in [1.807, 2.05) is 0 Å². The SMILES string of the molecule is O=[N+]([O-])c1cc(S(=O)(=O)N2CCCC2)ccc1N/N=C1/C[C@H]2C=CC[C@H]12. The Labute approximate surface area is 151 Å². The van der Waals surface area contributed by atoms with Crippen LogP contribution in [0.4, 0.5) is 11.4 Å². The molecule has 1 aliphatic heterocycles. The van der Waals surface area contributed by atoms with E-state index in [1.165, 1.54) is 16.4 Å². The zero-order valence-corrected chi connectivity index (χ0v) is 15.0. The smallest absolute Gasteiger partial charge is 0.272 e. The van der Waals surface area contributed by atoms with Crippen LogP contribution >= 0.6 is 0 Å². The van der Waals surface area contributed by atoms with Gasteiger partial charge in [0.2, 0.25) is 10.0 Å². The highest BCUT2D eigenvalue weighted by Gasteiger charge is 2.38. The quantitative estimate of drug-likeness (QED) is 0.483. The van der Waals surface area contributed by atoms with Gasteiger partial charge in [-0.05, 0) is 43.7 Å². The fraction of sp³-hybridized carbons (Fsp3) is 0.471. The highest BCUT2D eigenvalue weighted by Crippen LogP contribution is 2.40. The Kier molecular flexibility index (Phi) is 4.28. The van der Waals surface area contributed by atoms with E-state index in [9.17, 15) is 18.5 Å². The van der Waals surface area contributed by atoms with Crippen molar-refractivity contribution < 1.29 is 13.3 Å². The molecule has 0 spiro atoms. The molecule has 1 saturated carbocycles. The van der Waals surface area contributed by atoms with Gasteiger partial charge in [0.05, 0.1) is 9.82 Å². The van der Waals surface area contributed by atoms with E-state index in [0.29, 0.717) is 24.9 Å². The number of anilines is 1. The zero-order chi connectivity index (χ0) is 18.3. The molecule has 8 nitrogen and oxygen atoms in total. The average molecular weight is 376 g/mol. The molecule has 3 aliphatic rings. The van der Waals surface area contributed by atoms with Crippen LogP contribution in [-0.4, -0.2) is 36.4 Å². The van der Waals surface area contributed by atoms with Crippen molar-refractivity contribution in [3.05, 3.63) is 40.5 Å². The lowest BCUT2D eigenvalue weighted by Crippen LogP contribution is -2.33. The molecule has 0 unspecified atom stereocenters. The normalized spacial score (nSPS) is 26.7. The summed E-state index contributed by atoms with van der Waals surface area (Å²) in [5, 5.41) is 15.7. The van der Waals surface area contributed by atoms with Gasteiger partial charge in [0, 0.05) is 30.8 Å². The van der Waals surface area contributed by atoms with Gasteiger partial charge in [-0.3, -0.25) is 15.5 Å². The van der Waals surface area contributed by atoms with Crippen molar-refractivity contribution in [2.75, 3.05) is 18.5 Å². The van der Waals surface area contributed by atoms with Crippen LogP contribution in [0, 0.1) is 22.0 Å². The summed E-state index contributed by atoms with van der Waals surface area (Å²) in [6, 6.07) is 3.95. The molecular weight excluding hydrogens is 356 g/mol. The van der Waals surface area contributed by atoms with Crippen LogP contribution in [0.3, 0.4) is 0 Å². The molecule has 0 bridgehead atoms. The van der Waals surface area contributed by atoms with Gasteiger partial charge >= 0.3 is 0 Å². The summed E-state index contributed by atoms with van der Waals surface area (Å²) in [5.41, 5.74) is 3.69. The third-order valence-corrected chi connectivity index (χ3v) is 7.25. The lowest BCUT2D eigenvalue weighted by atomic mass is 9.74. The molecule has 1 heterocycles. The van der Waals surface area contributed by atoms with Crippen LogP contribution in [0.2, 0.25) is 0 Å². The first-order valence-corrected chi connectivity index (χ1v) is 10.2. The predicted octanol–water partition coefficient (Wildman–Crippen LogP) is 2.74. The molecule has 1 aromatic carbocycles. The lowest BCUT2D eigenvalue weighted by Gasteiger charge is -2.31. The Hall–Kier alpha value is -2.26. The molecule has 0 radical (unpaired) electrons. The van der Waals surface area contributed by atoms with Crippen molar-refractivity contribution in [3.63, 3.8) is 0 Å². The topological polar surface area (TPSA) is 105 Å². The summed E-state index contributed by atoms with van der Waals surface area (Å²) in [7, 11) is -3.69. The maximum absolute atomic E-state index is 12.6. The van der Waals surface area contributed by atoms with E-state index < -0.39 is 14.9 Å². The number of hydrazone groups is 1. The van der Waals surface area contributed by atoms with E-state index in [4.69, 9.17) is 0 Å². The minimum Gasteiger partial charge on any atom is -0.272 e. The Morgan fingerprint density at radius 2 is 2.04 bits per heavy atom. The van der Waals surface area contributed by atoms with Crippen molar-refractivity contribution >= 4 is 27.1 Å².